The first-order chi connectivity index (χ1) is 8.22. The molecule has 0 fully saturated rings. The fraction of sp³-hybridized carbons (Fsp3) is 0.0714. The molecule has 0 amide bonds. The molecule has 1 heterocycles. The first-order valence-electron chi connectivity index (χ1n) is 5.34. The lowest BCUT2D eigenvalue weighted by atomic mass is 10.2. The number of aliphatic imine (C=N–C) groups is 1. The van der Waals surface area contributed by atoms with E-state index in [0.29, 0.717) is 5.02 Å². The van der Waals surface area contributed by atoms with E-state index in [2.05, 4.69) is 4.99 Å². The summed E-state index contributed by atoms with van der Waals surface area (Å²) in [4.78, 5) is 4.43. The second-order valence-electron chi connectivity index (χ2n) is 4.01. The van der Waals surface area contributed by atoms with Crippen LogP contribution in [0.25, 0.3) is 0 Å². The van der Waals surface area contributed by atoms with E-state index in [-0.39, 0.29) is 0 Å². The highest BCUT2D eigenvalue weighted by molar-refractivity contribution is 6.30. The first-order valence-corrected chi connectivity index (χ1v) is 5.72. The number of ether oxygens (including phenoxy) is 1. The van der Waals surface area contributed by atoms with E-state index >= 15 is 0 Å². The van der Waals surface area contributed by atoms with Gasteiger partial charge in [0.25, 0.3) is 0 Å². The number of benzene rings is 2. The van der Waals surface area contributed by atoms with Crippen LogP contribution in [-0.2, 0) is 0 Å². The third-order valence-electron chi connectivity index (χ3n) is 2.65. The lowest BCUT2D eigenvalue weighted by Gasteiger charge is -2.08. The van der Waals surface area contributed by atoms with Crippen LogP contribution in [0.5, 0.6) is 11.5 Å². The monoisotopic (exact) mass is 243 g/mol. The lowest BCUT2D eigenvalue weighted by Crippen LogP contribution is -1.88. The van der Waals surface area contributed by atoms with Gasteiger partial charge in [-0.1, -0.05) is 17.7 Å². The number of nitrogens with zero attached hydrogens (tertiary/aromatic N) is 1. The summed E-state index contributed by atoms with van der Waals surface area (Å²) >= 11 is 5.96. The zero-order valence-electron chi connectivity index (χ0n) is 9.27. The quantitative estimate of drug-likeness (QED) is 0.569. The number of rotatable bonds is 0. The second kappa shape index (κ2) is 3.90. The van der Waals surface area contributed by atoms with Gasteiger partial charge in [0.15, 0.2) is 5.75 Å². The van der Waals surface area contributed by atoms with Crippen molar-refractivity contribution >= 4 is 23.5 Å². The molecule has 0 bridgehead atoms. The Morgan fingerprint density at radius 3 is 2.82 bits per heavy atom. The van der Waals surface area contributed by atoms with Gasteiger partial charge in [-0.2, -0.15) is 0 Å². The van der Waals surface area contributed by atoms with Gasteiger partial charge >= 0.3 is 0 Å². The molecule has 2 aromatic carbocycles. The van der Waals surface area contributed by atoms with Gasteiger partial charge in [-0.25, -0.2) is 0 Å². The van der Waals surface area contributed by atoms with Gasteiger partial charge in [0.05, 0.1) is 0 Å². The lowest BCUT2D eigenvalue weighted by molar-refractivity contribution is 0.485. The molecule has 1 aliphatic heterocycles. The Kier molecular flexibility index (Phi) is 2.37. The molecule has 2 nitrogen and oxygen atoms in total. The van der Waals surface area contributed by atoms with Crippen molar-refractivity contribution in [1.29, 1.82) is 0 Å². The van der Waals surface area contributed by atoms with E-state index in [9.17, 15) is 0 Å². The summed E-state index contributed by atoms with van der Waals surface area (Å²) in [7, 11) is 0. The van der Waals surface area contributed by atoms with Crippen molar-refractivity contribution in [3.05, 3.63) is 52.5 Å². The van der Waals surface area contributed by atoms with Crippen LogP contribution in [0.3, 0.4) is 0 Å². The van der Waals surface area contributed by atoms with Crippen molar-refractivity contribution in [1.82, 2.24) is 0 Å². The molecule has 0 spiro atoms. The molecule has 1 aliphatic rings. The molecule has 0 unspecified atom stereocenters. The predicted molar refractivity (Wildman–Crippen MR) is 70.0 cm³/mol. The SMILES string of the molecule is Cc1ccc2c(c1)N=Cc1ccc(Cl)cc1O2. The predicted octanol–water partition coefficient (Wildman–Crippen LogP) is 4.50. The molecule has 0 aromatic heterocycles. The first kappa shape index (κ1) is 10.4. The molecule has 0 aliphatic carbocycles. The Hall–Kier alpha value is -1.80. The second-order valence-corrected chi connectivity index (χ2v) is 4.45. The number of hydrogen-bond acceptors (Lipinski definition) is 2. The van der Waals surface area contributed by atoms with Gasteiger partial charge < -0.3 is 4.74 Å². The standard InChI is InChI=1S/C14H10ClNO/c1-9-2-5-13-12(6-9)16-8-10-3-4-11(15)7-14(10)17-13/h2-8H,1H3. The minimum Gasteiger partial charge on any atom is -0.454 e. The van der Waals surface area contributed by atoms with E-state index in [0.717, 1.165) is 28.3 Å². The van der Waals surface area contributed by atoms with Crippen molar-refractivity contribution < 1.29 is 4.74 Å². The zero-order chi connectivity index (χ0) is 11.8. The molecule has 0 saturated carbocycles. The summed E-state index contributed by atoms with van der Waals surface area (Å²) in [5.41, 5.74) is 2.94. The third kappa shape index (κ3) is 1.92. The van der Waals surface area contributed by atoms with Crippen LogP contribution in [0.15, 0.2) is 41.4 Å². The molecule has 17 heavy (non-hydrogen) atoms. The summed E-state index contributed by atoms with van der Waals surface area (Å²) in [6.45, 7) is 2.03. The van der Waals surface area contributed by atoms with Crippen LogP contribution in [-0.4, -0.2) is 6.21 Å². The summed E-state index contributed by atoms with van der Waals surface area (Å²) in [5, 5.41) is 0.660. The van der Waals surface area contributed by atoms with Gasteiger partial charge in [0.1, 0.15) is 11.4 Å². The largest absolute Gasteiger partial charge is 0.454 e. The highest BCUT2D eigenvalue weighted by Gasteiger charge is 2.11. The molecule has 0 N–H and O–H groups in total. The summed E-state index contributed by atoms with van der Waals surface area (Å²) < 4.78 is 5.83. The maximum Gasteiger partial charge on any atom is 0.153 e. The van der Waals surface area contributed by atoms with Gasteiger partial charge in [0.2, 0.25) is 0 Å². The van der Waals surface area contributed by atoms with Gasteiger partial charge in [0, 0.05) is 22.9 Å². The minimum absolute atomic E-state index is 0.660. The molecule has 3 rings (SSSR count). The Bertz CT molecular complexity index is 620. The van der Waals surface area contributed by atoms with Crippen LogP contribution < -0.4 is 4.74 Å². The molecule has 3 heteroatoms. The number of fused-ring (bicyclic) bond motifs is 2. The number of halogens is 1. The van der Waals surface area contributed by atoms with Crippen molar-refractivity contribution in [3.63, 3.8) is 0 Å². The smallest absolute Gasteiger partial charge is 0.153 e. The number of hydrogen-bond donors (Lipinski definition) is 0. The molecule has 84 valence electrons. The third-order valence-corrected chi connectivity index (χ3v) is 2.89. The van der Waals surface area contributed by atoms with E-state index in [4.69, 9.17) is 16.3 Å². The summed E-state index contributed by atoms with van der Waals surface area (Å²) in [6.07, 6.45) is 1.80. The van der Waals surface area contributed by atoms with E-state index < -0.39 is 0 Å². The molecule has 0 radical (unpaired) electrons. The van der Waals surface area contributed by atoms with Crippen molar-refractivity contribution in [3.8, 4) is 11.5 Å². The Labute approximate surface area is 105 Å². The Morgan fingerprint density at radius 2 is 1.94 bits per heavy atom. The van der Waals surface area contributed by atoms with Crippen molar-refractivity contribution in [2.45, 2.75) is 6.92 Å². The van der Waals surface area contributed by atoms with E-state index in [1.54, 1.807) is 12.3 Å². The van der Waals surface area contributed by atoms with Gasteiger partial charge in [-0.3, -0.25) is 4.99 Å². The highest BCUT2D eigenvalue weighted by Crippen LogP contribution is 2.37. The molecular weight excluding hydrogens is 234 g/mol. The maximum absolute atomic E-state index is 5.96. The summed E-state index contributed by atoms with van der Waals surface area (Å²) in [5.74, 6) is 1.50. The van der Waals surface area contributed by atoms with Crippen LogP contribution >= 0.6 is 11.6 Å². The fourth-order valence-corrected chi connectivity index (χ4v) is 1.94. The average molecular weight is 244 g/mol. The Balaban J connectivity index is 2.16. The van der Waals surface area contributed by atoms with Gasteiger partial charge in [-0.15, -0.1) is 0 Å². The molecule has 0 saturated heterocycles. The van der Waals surface area contributed by atoms with Crippen LogP contribution in [0.4, 0.5) is 5.69 Å². The minimum atomic E-state index is 0.660. The van der Waals surface area contributed by atoms with Gasteiger partial charge in [-0.05, 0) is 36.8 Å². The van der Waals surface area contributed by atoms with Crippen LogP contribution in [0.1, 0.15) is 11.1 Å². The average Bonchev–Trinajstić information content (AvgIpc) is 2.47. The van der Waals surface area contributed by atoms with E-state index in [1.807, 2.05) is 37.3 Å². The maximum atomic E-state index is 5.96. The fourth-order valence-electron chi connectivity index (χ4n) is 1.78. The topological polar surface area (TPSA) is 21.6 Å². The molecular formula is C14H10ClNO. The van der Waals surface area contributed by atoms with Crippen molar-refractivity contribution in [2.24, 2.45) is 4.99 Å². The Morgan fingerprint density at radius 1 is 1.06 bits per heavy atom. The van der Waals surface area contributed by atoms with E-state index in [1.165, 1.54) is 0 Å². The normalized spacial score (nSPS) is 12.4. The molecule has 2 aromatic rings. The summed E-state index contributed by atoms with van der Waals surface area (Å²) in [6, 6.07) is 11.5. The molecule has 0 atom stereocenters. The van der Waals surface area contributed by atoms with Crippen LogP contribution in [0, 0.1) is 6.92 Å². The van der Waals surface area contributed by atoms with Crippen LogP contribution in [0.2, 0.25) is 5.02 Å². The highest BCUT2D eigenvalue weighted by atomic mass is 35.5. The zero-order valence-corrected chi connectivity index (χ0v) is 10.0. The van der Waals surface area contributed by atoms with Crippen molar-refractivity contribution in [2.75, 3.05) is 0 Å². The number of aryl methyl sites for hydroxylation is 1.